The lowest BCUT2D eigenvalue weighted by Gasteiger charge is -2.24. The van der Waals surface area contributed by atoms with Gasteiger partial charge in [0.25, 0.3) is 0 Å². The van der Waals surface area contributed by atoms with Gasteiger partial charge in [-0.05, 0) is 6.42 Å². The zero-order chi connectivity index (χ0) is 12.9. The van der Waals surface area contributed by atoms with Gasteiger partial charge in [-0.1, -0.05) is 20.8 Å². The monoisotopic (exact) mass is 230 g/mol. The fourth-order valence-electron chi connectivity index (χ4n) is 0.915. The molecule has 0 unspecified atom stereocenters. The minimum atomic E-state index is -1.26. The van der Waals surface area contributed by atoms with E-state index in [0.29, 0.717) is 6.42 Å². The van der Waals surface area contributed by atoms with E-state index in [4.69, 9.17) is 10.8 Å². The molecule has 0 rings (SSSR count). The van der Waals surface area contributed by atoms with Crippen molar-refractivity contribution in [1.29, 1.82) is 0 Å². The van der Waals surface area contributed by atoms with Gasteiger partial charge < -0.3 is 16.2 Å². The predicted octanol–water partition coefficient (Wildman–Crippen LogP) is -0.133. The Hall–Kier alpha value is -1.59. The molecule has 0 aliphatic carbocycles. The van der Waals surface area contributed by atoms with Crippen molar-refractivity contribution >= 4 is 17.8 Å². The van der Waals surface area contributed by atoms with Gasteiger partial charge in [0, 0.05) is 5.41 Å². The smallest absolute Gasteiger partial charge is 0.326 e. The van der Waals surface area contributed by atoms with Crippen LogP contribution in [-0.2, 0) is 14.4 Å². The number of nitrogens with one attached hydrogen (secondary N) is 1. The number of rotatable bonds is 6. The number of carboxylic acid groups (broad SMARTS) is 1. The first-order valence-electron chi connectivity index (χ1n) is 5.02. The normalized spacial score (nSPS) is 12.9. The highest BCUT2D eigenvalue weighted by atomic mass is 16.4. The van der Waals surface area contributed by atoms with E-state index in [9.17, 15) is 14.4 Å². The molecule has 0 spiro atoms. The summed E-state index contributed by atoms with van der Waals surface area (Å²) in [5.41, 5.74) is 4.23. The molecule has 6 nitrogen and oxygen atoms in total. The molecule has 0 aliphatic rings. The van der Waals surface area contributed by atoms with E-state index >= 15 is 0 Å². The van der Waals surface area contributed by atoms with E-state index in [1.54, 1.807) is 13.8 Å². The summed E-state index contributed by atoms with van der Waals surface area (Å²) in [6.07, 6.45) is 0.169. The largest absolute Gasteiger partial charge is 0.480 e. The Bertz CT molecular complexity index is 299. The predicted molar refractivity (Wildman–Crippen MR) is 57.4 cm³/mol. The first-order valence-corrected chi connectivity index (χ1v) is 5.02. The Morgan fingerprint density at radius 3 is 2.19 bits per heavy atom. The quantitative estimate of drug-likeness (QED) is 0.590. The summed E-state index contributed by atoms with van der Waals surface area (Å²) in [6.45, 7) is 5.22. The van der Waals surface area contributed by atoms with Crippen LogP contribution in [0.15, 0.2) is 0 Å². The molecule has 0 saturated heterocycles. The van der Waals surface area contributed by atoms with E-state index in [2.05, 4.69) is 5.32 Å². The van der Waals surface area contributed by atoms with Crippen LogP contribution in [0.5, 0.6) is 0 Å². The number of hydrogen-bond donors (Lipinski definition) is 3. The van der Waals surface area contributed by atoms with Gasteiger partial charge in [-0.2, -0.15) is 0 Å². The minimum Gasteiger partial charge on any atom is -0.480 e. The van der Waals surface area contributed by atoms with Crippen LogP contribution in [0.4, 0.5) is 0 Å². The number of carbonyl (C=O) groups is 3. The van der Waals surface area contributed by atoms with Crippen molar-refractivity contribution in [3.05, 3.63) is 0 Å². The van der Waals surface area contributed by atoms with Crippen LogP contribution < -0.4 is 11.1 Å². The lowest BCUT2D eigenvalue weighted by molar-refractivity contribution is -0.144. The van der Waals surface area contributed by atoms with Crippen LogP contribution in [0, 0.1) is 5.41 Å². The third-order valence-corrected chi connectivity index (χ3v) is 2.51. The number of carboxylic acids is 1. The van der Waals surface area contributed by atoms with Gasteiger partial charge in [-0.25, -0.2) is 4.79 Å². The van der Waals surface area contributed by atoms with Crippen LogP contribution in [0.3, 0.4) is 0 Å². The molecule has 0 heterocycles. The van der Waals surface area contributed by atoms with E-state index in [0.717, 1.165) is 0 Å². The van der Waals surface area contributed by atoms with Gasteiger partial charge in [0.2, 0.25) is 11.8 Å². The molecule has 1 atom stereocenters. The number of aliphatic carboxylic acids is 1. The highest BCUT2D eigenvalue weighted by Crippen LogP contribution is 2.19. The maximum absolute atomic E-state index is 11.7. The van der Waals surface area contributed by atoms with Crippen LogP contribution in [-0.4, -0.2) is 28.9 Å². The second kappa shape index (κ2) is 5.48. The van der Waals surface area contributed by atoms with Gasteiger partial charge in [0.1, 0.15) is 6.04 Å². The topological polar surface area (TPSA) is 109 Å². The Labute approximate surface area is 94.2 Å². The van der Waals surface area contributed by atoms with Crippen LogP contribution in [0.25, 0.3) is 0 Å². The van der Waals surface area contributed by atoms with E-state index in [-0.39, 0.29) is 0 Å². The molecule has 0 aromatic carbocycles. The Morgan fingerprint density at radius 2 is 1.88 bits per heavy atom. The third-order valence-electron chi connectivity index (χ3n) is 2.51. The molecular weight excluding hydrogens is 212 g/mol. The summed E-state index contributed by atoms with van der Waals surface area (Å²) in [5, 5.41) is 11.1. The summed E-state index contributed by atoms with van der Waals surface area (Å²) in [5.74, 6) is -2.43. The van der Waals surface area contributed by atoms with Crippen molar-refractivity contribution in [2.24, 2.45) is 11.1 Å². The van der Waals surface area contributed by atoms with Crippen molar-refractivity contribution in [3.63, 3.8) is 0 Å². The fourth-order valence-corrected chi connectivity index (χ4v) is 0.915. The molecule has 0 bridgehead atoms. The van der Waals surface area contributed by atoms with Crippen LogP contribution >= 0.6 is 0 Å². The molecule has 0 aliphatic heterocycles. The molecule has 16 heavy (non-hydrogen) atoms. The number of nitrogens with two attached hydrogens (primary N) is 1. The molecule has 4 N–H and O–H groups in total. The van der Waals surface area contributed by atoms with Gasteiger partial charge in [-0.15, -0.1) is 0 Å². The Morgan fingerprint density at radius 1 is 1.38 bits per heavy atom. The van der Waals surface area contributed by atoms with Crippen molar-refractivity contribution in [3.8, 4) is 0 Å². The SMILES string of the molecule is CCC(C)(C)C(=O)N[C@@H](CC(N)=O)C(=O)O. The second-order valence-electron chi connectivity index (χ2n) is 4.27. The molecular formula is C10H18N2O4. The van der Waals surface area contributed by atoms with Crippen molar-refractivity contribution in [1.82, 2.24) is 5.32 Å². The number of carbonyl (C=O) groups excluding carboxylic acids is 2. The van der Waals surface area contributed by atoms with E-state index in [1.165, 1.54) is 0 Å². The average molecular weight is 230 g/mol. The standard InChI is InChI=1S/C10H18N2O4/c1-4-10(2,3)9(16)12-6(8(14)15)5-7(11)13/h6H,4-5H2,1-3H3,(H2,11,13)(H,12,16)(H,14,15)/t6-/m0/s1. The minimum absolute atomic E-state index is 0.399. The summed E-state index contributed by atoms with van der Waals surface area (Å²) in [4.78, 5) is 33.1. The van der Waals surface area contributed by atoms with Crippen LogP contribution in [0.1, 0.15) is 33.6 Å². The van der Waals surface area contributed by atoms with Crippen LogP contribution in [0.2, 0.25) is 0 Å². The molecule has 0 radical (unpaired) electrons. The molecule has 0 fully saturated rings. The van der Waals surface area contributed by atoms with Gasteiger partial charge in [0.05, 0.1) is 6.42 Å². The van der Waals surface area contributed by atoms with Crippen molar-refractivity contribution in [2.75, 3.05) is 0 Å². The summed E-state index contributed by atoms with van der Waals surface area (Å²) in [7, 11) is 0. The molecule has 6 heteroatoms. The average Bonchev–Trinajstić information content (AvgIpc) is 2.15. The fraction of sp³-hybridized carbons (Fsp3) is 0.700. The lowest BCUT2D eigenvalue weighted by atomic mass is 9.89. The summed E-state index contributed by atoms with van der Waals surface area (Å²) in [6, 6.07) is -1.25. The number of primary amides is 1. The van der Waals surface area contributed by atoms with E-state index < -0.39 is 35.7 Å². The number of hydrogen-bond acceptors (Lipinski definition) is 3. The zero-order valence-corrected chi connectivity index (χ0v) is 9.74. The molecule has 2 amide bonds. The highest BCUT2D eigenvalue weighted by Gasteiger charge is 2.30. The lowest BCUT2D eigenvalue weighted by Crippen LogP contribution is -2.48. The van der Waals surface area contributed by atoms with E-state index in [1.807, 2.05) is 6.92 Å². The van der Waals surface area contributed by atoms with Crippen molar-refractivity contribution < 1.29 is 19.5 Å². The summed E-state index contributed by atoms with van der Waals surface area (Å²) < 4.78 is 0. The molecule has 0 aromatic heterocycles. The Kier molecular flexibility index (Phi) is 4.94. The Balaban J connectivity index is 4.58. The third kappa shape index (κ3) is 4.29. The zero-order valence-electron chi connectivity index (χ0n) is 9.74. The maximum atomic E-state index is 11.7. The maximum Gasteiger partial charge on any atom is 0.326 e. The van der Waals surface area contributed by atoms with Gasteiger partial charge >= 0.3 is 5.97 Å². The molecule has 0 saturated carbocycles. The number of amides is 2. The van der Waals surface area contributed by atoms with Gasteiger partial charge in [-0.3, -0.25) is 9.59 Å². The molecule has 92 valence electrons. The first kappa shape index (κ1) is 14.4. The first-order chi connectivity index (χ1) is 7.20. The van der Waals surface area contributed by atoms with Crippen molar-refractivity contribution in [2.45, 2.75) is 39.7 Å². The molecule has 0 aromatic rings. The summed E-state index contributed by atoms with van der Waals surface area (Å²) >= 11 is 0. The second-order valence-corrected chi connectivity index (χ2v) is 4.27. The van der Waals surface area contributed by atoms with Gasteiger partial charge in [0.15, 0.2) is 0 Å². The highest BCUT2D eigenvalue weighted by molar-refractivity contribution is 5.90.